The number of piperidine rings is 1. The average molecular weight is 484 g/mol. The summed E-state index contributed by atoms with van der Waals surface area (Å²) in [6, 6.07) is 6.12. The van der Waals surface area contributed by atoms with E-state index in [-0.39, 0.29) is 23.4 Å². The Morgan fingerprint density at radius 1 is 1.14 bits per heavy atom. The molecule has 35 heavy (non-hydrogen) atoms. The van der Waals surface area contributed by atoms with Gasteiger partial charge in [-0.3, -0.25) is 19.6 Å². The molecule has 0 bridgehead atoms. The van der Waals surface area contributed by atoms with Crippen LogP contribution in [0, 0.1) is 11.8 Å². The topological polar surface area (TPSA) is 114 Å². The molecule has 1 aromatic heterocycles. The molecule has 0 spiro atoms. The number of benzene rings is 1. The molecule has 0 radical (unpaired) electrons. The summed E-state index contributed by atoms with van der Waals surface area (Å²) in [4.78, 5) is 35.7. The Morgan fingerprint density at radius 2 is 1.86 bits per heavy atom. The lowest BCUT2D eigenvalue weighted by Crippen LogP contribution is -2.41. The summed E-state index contributed by atoms with van der Waals surface area (Å²) < 4.78 is 7.22. The SMILES string of the molecule is Cn1nc(C2CCC(=O)NC2=O)c2ccc(NCC3CCC(COC(=O)NC(C)(C)C)CC3)cc21. The van der Waals surface area contributed by atoms with E-state index in [0.29, 0.717) is 31.3 Å². The number of carbonyl (C=O) groups is 3. The van der Waals surface area contributed by atoms with Crippen LogP contribution in [0.5, 0.6) is 0 Å². The number of nitrogens with one attached hydrogen (secondary N) is 3. The van der Waals surface area contributed by atoms with E-state index in [1.54, 1.807) is 4.68 Å². The zero-order valence-electron chi connectivity index (χ0n) is 21.1. The second-order valence-electron chi connectivity index (χ2n) is 11.0. The first-order valence-electron chi connectivity index (χ1n) is 12.6. The van der Waals surface area contributed by atoms with Crippen LogP contribution in [0.3, 0.4) is 0 Å². The fraction of sp³-hybridized carbons (Fsp3) is 0.615. The van der Waals surface area contributed by atoms with Gasteiger partial charge < -0.3 is 15.4 Å². The Hall–Kier alpha value is -3.10. The van der Waals surface area contributed by atoms with Crippen molar-refractivity contribution in [1.82, 2.24) is 20.4 Å². The van der Waals surface area contributed by atoms with Gasteiger partial charge in [0, 0.05) is 36.6 Å². The van der Waals surface area contributed by atoms with Gasteiger partial charge in [0.2, 0.25) is 11.8 Å². The van der Waals surface area contributed by atoms with Crippen LogP contribution in [-0.4, -0.2) is 46.4 Å². The number of imide groups is 1. The summed E-state index contributed by atoms with van der Waals surface area (Å²) in [5.41, 5.74) is 2.44. The number of aryl methyl sites for hydroxylation is 1. The number of hydrogen-bond donors (Lipinski definition) is 3. The van der Waals surface area contributed by atoms with Crippen LogP contribution in [-0.2, 0) is 21.4 Å². The largest absolute Gasteiger partial charge is 0.449 e. The maximum Gasteiger partial charge on any atom is 0.407 e. The van der Waals surface area contributed by atoms with E-state index < -0.39 is 5.92 Å². The van der Waals surface area contributed by atoms with Crippen molar-refractivity contribution in [2.24, 2.45) is 18.9 Å². The third-order valence-corrected chi connectivity index (χ3v) is 6.94. The molecule has 1 saturated carbocycles. The fourth-order valence-electron chi connectivity index (χ4n) is 5.01. The number of rotatable bonds is 6. The Bertz CT molecular complexity index is 1100. The molecule has 3 amide bonds. The summed E-state index contributed by atoms with van der Waals surface area (Å²) in [7, 11) is 1.88. The zero-order valence-corrected chi connectivity index (χ0v) is 21.1. The molecule has 190 valence electrons. The van der Waals surface area contributed by atoms with E-state index in [9.17, 15) is 14.4 Å². The Morgan fingerprint density at radius 3 is 2.54 bits per heavy atom. The Balaban J connectivity index is 1.28. The van der Waals surface area contributed by atoms with Crippen molar-refractivity contribution in [2.45, 2.75) is 70.8 Å². The van der Waals surface area contributed by atoms with Crippen molar-refractivity contribution in [1.29, 1.82) is 0 Å². The van der Waals surface area contributed by atoms with Gasteiger partial charge in [0.05, 0.1) is 23.7 Å². The summed E-state index contributed by atoms with van der Waals surface area (Å²) >= 11 is 0. The van der Waals surface area contributed by atoms with E-state index in [4.69, 9.17) is 4.74 Å². The van der Waals surface area contributed by atoms with Gasteiger partial charge in [-0.15, -0.1) is 0 Å². The van der Waals surface area contributed by atoms with E-state index >= 15 is 0 Å². The molecule has 1 aromatic carbocycles. The van der Waals surface area contributed by atoms with Gasteiger partial charge in [-0.1, -0.05) is 0 Å². The molecule has 1 atom stereocenters. The first-order chi connectivity index (χ1) is 16.6. The molecule has 9 heteroatoms. The van der Waals surface area contributed by atoms with Gasteiger partial charge in [-0.2, -0.15) is 5.10 Å². The third kappa shape index (κ3) is 6.32. The summed E-state index contributed by atoms with van der Waals surface area (Å²) in [5.74, 6) is 0.128. The van der Waals surface area contributed by atoms with Crippen LogP contribution in [0.4, 0.5) is 10.5 Å². The van der Waals surface area contributed by atoms with Gasteiger partial charge in [0.1, 0.15) is 0 Å². The fourth-order valence-corrected chi connectivity index (χ4v) is 5.01. The van der Waals surface area contributed by atoms with E-state index in [0.717, 1.165) is 54.5 Å². The molecule has 2 fully saturated rings. The maximum absolute atomic E-state index is 12.3. The third-order valence-electron chi connectivity index (χ3n) is 6.94. The number of hydrogen-bond acceptors (Lipinski definition) is 6. The number of ether oxygens (including phenoxy) is 1. The second-order valence-corrected chi connectivity index (χ2v) is 11.0. The van der Waals surface area contributed by atoms with Crippen molar-refractivity contribution >= 4 is 34.5 Å². The predicted molar refractivity (Wildman–Crippen MR) is 134 cm³/mol. The highest BCUT2D eigenvalue weighted by molar-refractivity contribution is 6.02. The monoisotopic (exact) mass is 483 g/mol. The van der Waals surface area contributed by atoms with E-state index in [1.807, 2.05) is 40.0 Å². The second kappa shape index (κ2) is 10.3. The number of alkyl carbamates (subject to hydrolysis) is 1. The molecule has 1 aliphatic heterocycles. The molecular weight excluding hydrogens is 446 g/mol. The minimum absolute atomic E-state index is 0.217. The molecule has 1 saturated heterocycles. The van der Waals surface area contributed by atoms with Gasteiger partial charge in [-0.05, 0) is 82.9 Å². The molecule has 4 rings (SSSR count). The summed E-state index contributed by atoms with van der Waals surface area (Å²) in [6.07, 6.45) is 4.83. The van der Waals surface area contributed by atoms with Gasteiger partial charge in [0.25, 0.3) is 0 Å². The molecule has 1 aliphatic carbocycles. The smallest absolute Gasteiger partial charge is 0.407 e. The first kappa shape index (κ1) is 25.0. The van der Waals surface area contributed by atoms with Gasteiger partial charge in [0.15, 0.2) is 0 Å². The van der Waals surface area contributed by atoms with Crippen LogP contribution >= 0.6 is 0 Å². The summed E-state index contributed by atoms with van der Waals surface area (Å²) in [6.45, 7) is 7.19. The molecular formula is C26H37N5O4. The number of amides is 3. The first-order valence-corrected chi connectivity index (χ1v) is 12.6. The maximum atomic E-state index is 12.3. The normalized spacial score (nSPS) is 23.1. The molecule has 2 aromatic rings. The average Bonchev–Trinajstić information content (AvgIpc) is 3.11. The van der Waals surface area contributed by atoms with E-state index in [1.165, 1.54) is 0 Å². The number of anilines is 1. The highest BCUT2D eigenvalue weighted by atomic mass is 16.5. The van der Waals surface area contributed by atoms with Gasteiger partial charge >= 0.3 is 6.09 Å². The van der Waals surface area contributed by atoms with Crippen LogP contribution in [0.1, 0.15) is 70.9 Å². The van der Waals surface area contributed by atoms with Gasteiger partial charge in [-0.25, -0.2) is 4.79 Å². The number of nitrogens with zero attached hydrogens (tertiary/aromatic N) is 2. The van der Waals surface area contributed by atoms with E-state index in [2.05, 4.69) is 27.1 Å². The standard InChI is InChI=1S/C26H37N5O4/c1-26(2,3)29-25(34)35-15-17-7-5-16(6-8-17)14-27-18-9-10-19-21(13-18)31(4)30-23(19)20-11-12-22(32)28-24(20)33/h9-10,13,16-17,20,27H,5-8,11-12,14-15H2,1-4H3,(H,29,34)(H,28,32,33). The number of carbonyl (C=O) groups excluding carboxylic acids is 3. The summed E-state index contributed by atoms with van der Waals surface area (Å²) in [5, 5.41) is 14.4. The number of fused-ring (bicyclic) bond motifs is 1. The molecule has 9 nitrogen and oxygen atoms in total. The Kier molecular flexibility index (Phi) is 7.33. The quantitative estimate of drug-likeness (QED) is 0.538. The number of aromatic nitrogens is 2. The lowest BCUT2D eigenvalue weighted by molar-refractivity contribution is -0.134. The van der Waals surface area contributed by atoms with Crippen LogP contribution in [0.2, 0.25) is 0 Å². The van der Waals surface area contributed by atoms with Crippen molar-refractivity contribution in [3.8, 4) is 0 Å². The molecule has 2 aliphatic rings. The highest BCUT2D eigenvalue weighted by Gasteiger charge is 2.31. The molecule has 2 heterocycles. The van der Waals surface area contributed by atoms with Crippen molar-refractivity contribution in [2.75, 3.05) is 18.5 Å². The minimum Gasteiger partial charge on any atom is -0.449 e. The van der Waals surface area contributed by atoms with Crippen LogP contribution < -0.4 is 16.0 Å². The molecule has 1 unspecified atom stereocenters. The van der Waals surface area contributed by atoms with Crippen molar-refractivity contribution in [3.63, 3.8) is 0 Å². The lowest BCUT2D eigenvalue weighted by Gasteiger charge is -2.29. The van der Waals surface area contributed by atoms with Crippen molar-refractivity contribution in [3.05, 3.63) is 23.9 Å². The predicted octanol–water partition coefficient (Wildman–Crippen LogP) is 3.84. The Labute approximate surface area is 206 Å². The minimum atomic E-state index is -0.395. The van der Waals surface area contributed by atoms with Crippen molar-refractivity contribution < 1.29 is 19.1 Å². The van der Waals surface area contributed by atoms with Crippen LogP contribution in [0.15, 0.2) is 18.2 Å². The lowest BCUT2D eigenvalue weighted by atomic mass is 9.82. The zero-order chi connectivity index (χ0) is 25.2. The highest BCUT2D eigenvalue weighted by Crippen LogP contribution is 2.32. The van der Waals surface area contributed by atoms with Crippen LogP contribution in [0.25, 0.3) is 10.9 Å². The molecule has 3 N–H and O–H groups in total.